The molecule has 0 aliphatic heterocycles. The second kappa shape index (κ2) is 5.87. The second-order valence-electron chi connectivity index (χ2n) is 5.05. The van der Waals surface area contributed by atoms with Crippen molar-refractivity contribution in [2.45, 2.75) is 26.8 Å². The van der Waals surface area contributed by atoms with Gasteiger partial charge in [-0.1, -0.05) is 6.07 Å². The maximum absolute atomic E-state index is 12.1. The monoisotopic (exact) mass is 249 g/mol. The van der Waals surface area contributed by atoms with E-state index >= 15 is 0 Å². The maximum Gasteiger partial charge on any atom is 0.251 e. The third-order valence-electron chi connectivity index (χ3n) is 3.30. The van der Waals surface area contributed by atoms with Gasteiger partial charge in [-0.25, -0.2) is 0 Å². The molecule has 0 heterocycles. The van der Waals surface area contributed by atoms with Crippen molar-refractivity contribution in [3.8, 4) is 0 Å². The van der Waals surface area contributed by atoms with E-state index < -0.39 is 0 Å². The SMILES string of the molecule is Cc1cc(C)c(C(=O)NCC(C)N(C)C)cc1N. The number of nitrogens with one attached hydrogen (secondary N) is 1. The van der Waals surface area contributed by atoms with E-state index in [-0.39, 0.29) is 5.91 Å². The highest BCUT2D eigenvalue weighted by molar-refractivity contribution is 5.96. The van der Waals surface area contributed by atoms with E-state index in [1.165, 1.54) is 0 Å². The highest BCUT2D eigenvalue weighted by Gasteiger charge is 2.12. The number of anilines is 1. The fraction of sp³-hybridized carbons (Fsp3) is 0.500. The molecule has 100 valence electrons. The number of carbonyl (C=O) groups is 1. The molecular weight excluding hydrogens is 226 g/mol. The first kappa shape index (κ1) is 14.5. The van der Waals surface area contributed by atoms with Crippen LogP contribution in [0.5, 0.6) is 0 Å². The van der Waals surface area contributed by atoms with E-state index in [0.717, 1.165) is 11.1 Å². The number of nitrogen functional groups attached to an aromatic ring is 1. The van der Waals surface area contributed by atoms with Crippen molar-refractivity contribution >= 4 is 11.6 Å². The van der Waals surface area contributed by atoms with Crippen molar-refractivity contribution in [3.63, 3.8) is 0 Å². The number of amides is 1. The van der Waals surface area contributed by atoms with Gasteiger partial charge in [0.05, 0.1) is 0 Å². The second-order valence-corrected chi connectivity index (χ2v) is 5.05. The maximum atomic E-state index is 12.1. The summed E-state index contributed by atoms with van der Waals surface area (Å²) in [5.41, 5.74) is 9.12. The van der Waals surface area contributed by atoms with E-state index in [9.17, 15) is 4.79 Å². The fourth-order valence-corrected chi connectivity index (χ4v) is 1.63. The minimum absolute atomic E-state index is 0.0621. The summed E-state index contributed by atoms with van der Waals surface area (Å²) >= 11 is 0. The highest BCUT2D eigenvalue weighted by Crippen LogP contribution is 2.17. The van der Waals surface area contributed by atoms with E-state index in [1.807, 2.05) is 34.0 Å². The molecule has 1 aromatic carbocycles. The normalized spacial score (nSPS) is 12.6. The number of hydrogen-bond acceptors (Lipinski definition) is 3. The number of carbonyl (C=O) groups excluding carboxylic acids is 1. The molecular formula is C14H23N3O. The Morgan fingerprint density at radius 2 is 1.94 bits per heavy atom. The Morgan fingerprint density at radius 1 is 1.33 bits per heavy atom. The van der Waals surface area contributed by atoms with Crippen LogP contribution in [0.4, 0.5) is 5.69 Å². The summed E-state index contributed by atoms with van der Waals surface area (Å²) in [6.45, 7) is 6.56. The van der Waals surface area contributed by atoms with E-state index in [1.54, 1.807) is 6.07 Å². The lowest BCUT2D eigenvalue weighted by Crippen LogP contribution is -2.38. The molecule has 0 radical (unpaired) electrons. The largest absolute Gasteiger partial charge is 0.398 e. The molecule has 0 aromatic heterocycles. The van der Waals surface area contributed by atoms with Gasteiger partial charge in [0.15, 0.2) is 0 Å². The topological polar surface area (TPSA) is 58.4 Å². The molecule has 0 saturated heterocycles. The van der Waals surface area contributed by atoms with E-state index in [0.29, 0.717) is 23.8 Å². The average molecular weight is 249 g/mol. The van der Waals surface area contributed by atoms with Crippen LogP contribution in [0.2, 0.25) is 0 Å². The van der Waals surface area contributed by atoms with Gasteiger partial charge in [-0.3, -0.25) is 4.79 Å². The predicted molar refractivity (Wildman–Crippen MR) is 75.8 cm³/mol. The minimum atomic E-state index is -0.0621. The van der Waals surface area contributed by atoms with Gasteiger partial charge in [0.25, 0.3) is 5.91 Å². The van der Waals surface area contributed by atoms with Crippen LogP contribution in [-0.2, 0) is 0 Å². The van der Waals surface area contributed by atoms with Crippen LogP contribution < -0.4 is 11.1 Å². The predicted octanol–water partition coefficient (Wildman–Crippen LogP) is 1.57. The Labute approximate surface area is 109 Å². The summed E-state index contributed by atoms with van der Waals surface area (Å²) in [4.78, 5) is 14.1. The minimum Gasteiger partial charge on any atom is -0.398 e. The first-order valence-corrected chi connectivity index (χ1v) is 6.14. The molecule has 0 spiro atoms. The first-order valence-electron chi connectivity index (χ1n) is 6.14. The molecule has 1 amide bonds. The summed E-state index contributed by atoms with van der Waals surface area (Å²) in [5, 5.41) is 2.93. The molecule has 1 aromatic rings. The van der Waals surface area contributed by atoms with Gasteiger partial charge >= 0.3 is 0 Å². The number of nitrogens with zero attached hydrogens (tertiary/aromatic N) is 1. The van der Waals surface area contributed by atoms with Crippen LogP contribution in [0.1, 0.15) is 28.4 Å². The Kier molecular flexibility index (Phi) is 4.73. The van der Waals surface area contributed by atoms with Crippen molar-refractivity contribution in [3.05, 3.63) is 28.8 Å². The molecule has 1 rings (SSSR count). The van der Waals surface area contributed by atoms with Gasteiger partial charge in [-0.2, -0.15) is 0 Å². The number of hydrogen-bond donors (Lipinski definition) is 2. The van der Waals surface area contributed by atoms with Crippen LogP contribution in [0.3, 0.4) is 0 Å². The van der Waals surface area contributed by atoms with Crippen molar-refractivity contribution in [1.82, 2.24) is 10.2 Å². The van der Waals surface area contributed by atoms with Crippen molar-refractivity contribution in [1.29, 1.82) is 0 Å². The molecule has 18 heavy (non-hydrogen) atoms. The average Bonchev–Trinajstić information content (AvgIpc) is 2.30. The zero-order valence-corrected chi connectivity index (χ0v) is 11.9. The molecule has 0 aliphatic carbocycles. The van der Waals surface area contributed by atoms with Gasteiger partial charge in [0.1, 0.15) is 0 Å². The molecule has 4 nitrogen and oxygen atoms in total. The van der Waals surface area contributed by atoms with Gasteiger partial charge in [-0.15, -0.1) is 0 Å². The fourth-order valence-electron chi connectivity index (χ4n) is 1.63. The lowest BCUT2D eigenvalue weighted by molar-refractivity contribution is 0.0943. The number of nitrogens with two attached hydrogens (primary N) is 1. The smallest absolute Gasteiger partial charge is 0.251 e. The third kappa shape index (κ3) is 3.47. The van der Waals surface area contributed by atoms with E-state index in [2.05, 4.69) is 17.1 Å². The molecule has 1 atom stereocenters. The summed E-state index contributed by atoms with van der Waals surface area (Å²) in [5.74, 6) is -0.0621. The van der Waals surface area contributed by atoms with Crippen molar-refractivity contribution < 1.29 is 4.79 Å². The highest BCUT2D eigenvalue weighted by atomic mass is 16.1. The van der Waals surface area contributed by atoms with Crippen LogP contribution >= 0.6 is 0 Å². The first-order chi connectivity index (χ1) is 8.32. The summed E-state index contributed by atoms with van der Waals surface area (Å²) in [6, 6.07) is 4.00. The molecule has 3 N–H and O–H groups in total. The van der Waals surface area contributed by atoms with Gasteiger partial charge < -0.3 is 16.0 Å². The van der Waals surface area contributed by atoms with Gasteiger partial charge in [0, 0.05) is 23.8 Å². The molecule has 4 heteroatoms. The van der Waals surface area contributed by atoms with Crippen LogP contribution in [0, 0.1) is 13.8 Å². The van der Waals surface area contributed by atoms with Gasteiger partial charge in [0.2, 0.25) is 0 Å². The number of likely N-dealkylation sites (N-methyl/N-ethyl adjacent to an activating group) is 1. The quantitative estimate of drug-likeness (QED) is 0.796. The number of benzene rings is 1. The van der Waals surface area contributed by atoms with Crippen LogP contribution in [0.25, 0.3) is 0 Å². The van der Waals surface area contributed by atoms with E-state index in [4.69, 9.17) is 5.73 Å². The lowest BCUT2D eigenvalue weighted by atomic mass is 10.0. The van der Waals surface area contributed by atoms with Crippen LogP contribution in [-0.4, -0.2) is 37.5 Å². The number of rotatable bonds is 4. The van der Waals surface area contributed by atoms with Crippen LogP contribution in [0.15, 0.2) is 12.1 Å². The standard InChI is InChI=1S/C14H23N3O/c1-9-6-10(2)13(15)7-12(9)14(18)16-8-11(3)17(4)5/h6-7,11H,8,15H2,1-5H3,(H,16,18). The van der Waals surface area contributed by atoms with Gasteiger partial charge in [-0.05, 0) is 52.1 Å². The third-order valence-corrected chi connectivity index (χ3v) is 3.30. The molecule has 1 unspecified atom stereocenters. The Bertz CT molecular complexity index is 441. The Hall–Kier alpha value is -1.55. The molecule has 0 aliphatic rings. The lowest BCUT2D eigenvalue weighted by Gasteiger charge is -2.20. The van der Waals surface area contributed by atoms with Crippen molar-refractivity contribution in [2.24, 2.45) is 0 Å². The Morgan fingerprint density at radius 3 is 2.50 bits per heavy atom. The summed E-state index contributed by atoms with van der Waals surface area (Å²) < 4.78 is 0. The zero-order chi connectivity index (χ0) is 13.9. The summed E-state index contributed by atoms with van der Waals surface area (Å²) in [7, 11) is 3.98. The zero-order valence-electron chi connectivity index (χ0n) is 11.9. The molecule has 0 fully saturated rings. The summed E-state index contributed by atoms with van der Waals surface area (Å²) in [6.07, 6.45) is 0. The Balaban J connectivity index is 2.76. The molecule has 0 saturated carbocycles. The van der Waals surface area contributed by atoms with Crippen molar-refractivity contribution in [2.75, 3.05) is 26.4 Å². The molecule has 0 bridgehead atoms. The number of aryl methyl sites for hydroxylation is 2.